The summed E-state index contributed by atoms with van der Waals surface area (Å²) >= 11 is 0. The Balaban J connectivity index is 1.60. The lowest BCUT2D eigenvalue weighted by Gasteiger charge is -2.28. The van der Waals surface area contributed by atoms with E-state index in [0.717, 1.165) is 45.4 Å². The molecule has 154 valence electrons. The average Bonchev–Trinajstić information content (AvgIpc) is 3.11. The molecule has 1 aromatic carbocycles. The number of nitrogens with zero attached hydrogens (tertiary/aromatic N) is 3. The maximum Gasteiger partial charge on any atom is 0.310 e. The number of hydrogen-bond donors (Lipinski definition) is 1. The molecule has 0 bridgehead atoms. The van der Waals surface area contributed by atoms with Crippen molar-refractivity contribution in [1.82, 2.24) is 15.1 Å². The zero-order chi connectivity index (χ0) is 19.9. The maximum absolute atomic E-state index is 12.0. The highest BCUT2D eigenvalue weighted by atomic mass is 16.5. The fraction of sp³-hybridized carbons (Fsp3) is 0.619. The van der Waals surface area contributed by atoms with Gasteiger partial charge in [-0.05, 0) is 17.0 Å². The van der Waals surface area contributed by atoms with Crippen LogP contribution in [-0.4, -0.2) is 75.3 Å². The third-order valence-electron chi connectivity index (χ3n) is 5.68. The number of ether oxygens (including phenoxy) is 2. The number of benzene rings is 1. The molecule has 0 amide bonds. The zero-order valence-corrected chi connectivity index (χ0v) is 17.2. The fourth-order valence-electron chi connectivity index (χ4n) is 3.99. The van der Waals surface area contributed by atoms with E-state index in [4.69, 9.17) is 9.47 Å². The lowest BCUT2D eigenvalue weighted by molar-refractivity contribution is -0.145. The molecule has 2 atom stereocenters. The normalized spacial score (nSPS) is 23.7. The van der Waals surface area contributed by atoms with Gasteiger partial charge in [-0.1, -0.05) is 31.2 Å². The van der Waals surface area contributed by atoms with Crippen LogP contribution in [0.15, 0.2) is 29.3 Å². The van der Waals surface area contributed by atoms with Crippen LogP contribution in [0, 0.1) is 11.8 Å². The van der Waals surface area contributed by atoms with Gasteiger partial charge < -0.3 is 19.7 Å². The molecule has 3 rings (SSSR count). The predicted molar refractivity (Wildman–Crippen MR) is 109 cm³/mol. The number of morpholine rings is 1. The SMILES string of the molecule is CN=C(NCc1ccccc1CN1CCOCC1)N1CC(C)C(C(=O)OC)C1. The standard InChI is InChI=1S/C21H32N4O3/c1-16-13-25(15-19(16)20(26)27-3)21(22-2)23-12-17-6-4-5-7-18(17)14-24-8-10-28-11-9-24/h4-7,16,19H,8-15H2,1-3H3,(H,22,23). The molecule has 28 heavy (non-hydrogen) atoms. The van der Waals surface area contributed by atoms with E-state index in [9.17, 15) is 4.79 Å². The van der Waals surface area contributed by atoms with Crippen LogP contribution in [0.25, 0.3) is 0 Å². The van der Waals surface area contributed by atoms with Crippen LogP contribution in [0.5, 0.6) is 0 Å². The van der Waals surface area contributed by atoms with Gasteiger partial charge in [-0.3, -0.25) is 14.7 Å². The summed E-state index contributed by atoms with van der Waals surface area (Å²) in [4.78, 5) is 21.0. The van der Waals surface area contributed by atoms with Gasteiger partial charge in [-0.15, -0.1) is 0 Å². The van der Waals surface area contributed by atoms with Gasteiger partial charge in [0.1, 0.15) is 0 Å². The second-order valence-corrected chi connectivity index (χ2v) is 7.57. The second kappa shape index (κ2) is 9.89. The van der Waals surface area contributed by atoms with Crippen LogP contribution in [0.4, 0.5) is 0 Å². The van der Waals surface area contributed by atoms with Crippen LogP contribution in [-0.2, 0) is 27.4 Å². The number of carbonyl (C=O) groups is 1. The maximum atomic E-state index is 12.0. The topological polar surface area (TPSA) is 66.4 Å². The largest absolute Gasteiger partial charge is 0.469 e. The molecule has 2 saturated heterocycles. The highest BCUT2D eigenvalue weighted by Crippen LogP contribution is 2.24. The molecule has 1 aromatic rings. The van der Waals surface area contributed by atoms with E-state index < -0.39 is 0 Å². The highest BCUT2D eigenvalue weighted by Gasteiger charge is 2.36. The quantitative estimate of drug-likeness (QED) is 0.466. The van der Waals surface area contributed by atoms with Crippen LogP contribution in [0.2, 0.25) is 0 Å². The first kappa shape index (κ1) is 20.6. The summed E-state index contributed by atoms with van der Waals surface area (Å²) in [6, 6.07) is 8.53. The molecule has 7 nitrogen and oxygen atoms in total. The van der Waals surface area contributed by atoms with E-state index in [1.165, 1.54) is 18.2 Å². The van der Waals surface area contributed by atoms with E-state index in [0.29, 0.717) is 13.1 Å². The van der Waals surface area contributed by atoms with Gasteiger partial charge in [0.15, 0.2) is 5.96 Å². The Morgan fingerprint density at radius 3 is 2.64 bits per heavy atom. The first-order valence-corrected chi connectivity index (χ1v) is 10.0. The van der Waals surface area contributed by atoms with E-state index in [1.54, 1.807) is 7.05 Å². The molecular formula is C21H32N4O3. The van der Waals surface area contributed by atoms with E-state index in [2.05, 4.69) is 51.3 Å². The molecule has 2 aliphatic rings. The number of rotatable bonds is 5. The number of hydrogen-bond acceptors (Lipinski definition) is 5. The van der Waals surface area contributed by atoms with E-state index in [-0.39, 0.29) is 17.8 Å². The van der Waals surface area contributed by atoms with Gasteiger partial charge in [0.25, 0.3) is 0 Å². The van der Waals surface area contributed by atoms with Crippen molar-refractivity contribution in [3.05, 3.63) is 35.4 Å². The molecular weight excluding hydrogens is 356 g/mol. The van der Waals surface area contributed by atoms with Crippen LogP contribution < -0.4 is 5.32 Å². The van der Waals surface area contributed by atoms with Crippen molar-refractivity contribution in [2.75, 3.05) is 53.6 Å². The van der Waals surface area contributed by atoms with Gasteiger partial charge in [-0.2, -0.15) is 0 Å². The average molecular weight is 389 g/mol. The molecule has 2 unspecified atom stereocenters. The summed E-state index contributed by atoms with van der Waals surface area (Å²) in [5, 5.41) is 3.48. The van der Waals surface area contributed by atoms with Crippen molar-refractivity contribution in [1.29, 1.82) is 0 Å². The molecule has 0 spiro atoms. The summed E-state index contributed by atoms with van der Waals surface area (Å²) in [5.41, 5.74) is 2.60. The summed E-state index contributed by atoms with van der Waals surface area (Å²) < 4.78 is 10.4. The Kier molecular flexibility index (Phi) is 7.28. The lowest BCUT2D eigenvalue weighted by atomic mass is 9.99. The Hall–Kier alpha value is -2.12. The number of aliphatic imine (C=N–C) groups is 1. The first-order chi connectivity index (χ1) is 13.6. The van der Waals surface area contributed by atoms with Crippen molar-refractivity contribution in [2.45, 2.75) is 20.0 Å². The Bertz CT molecular complexity index is 688. The number of likely N-dealkylation sites (tertiary alicyclic amines) is 1. The smallest absolute Gasteiger partial charge is 0.310 e. The number of carbonyl (C=O) groups excluding carboxylic acids is 1. The van der Waals surface area contributed by atoms with Crippen molar-refractivity contribution in [2.24, 2.45) is 16.8 Å². The first-order valence-electron chi connectivity index (χ1n) is 10.0. The summed E-state index contributed by atoms with van der Waals surface area (Å²) in [7, 11) is 3.24. The van der Waals surface area contributed by atoms with Gasteiger partial charge in [0.05, 0.1) is 26.2 Å². The van der Waals surface area contributed by atoms with Crippen molar-refractivity contribution in [3.8, 4) is 0 Å². The van der Waals surface area contributed by atoms with Gasteiger partial charge >= 0.3 is 5.97 Å². The number of methoxy groups -OCH3 is 1. The molecule has 0 saturated carbocycles. The fourth-order valence-corrected chi connectivity index (χ4v) is 3.99. The number of guanidine groups is 1. The van der Waals surface area contributed by atoms with E-state index in [1.807, 2.05) is 0 Å². The molecule has 2 heterocycles. The second-order valence-electron chi connectivity index (χ2n) is 7.57. The molecule has 0 aliphatic carbocycles. The summed E-state index contributed by atoms with van der Waals surface area (Å²) in [6.45, 7) is 8.74. The van der Waals surface area contributed by atoms with Gasteiger partial charge in [0, 0.05) is 46.3 Å². The van der Waals surface area contributed by atoms with Crippen LogP contribution in [0.1, 0.15) is 18.1 Å². The van der Waals surface area contributed by atoms with Gasteiger partial charge in [0.2, 0.25) is 0 Å². The zero-order valence-electron chi connectivity index (χ0n) is 17.2. The van der Waals surface area contributed by atoms with E-state index >= 15 is 0 Å². The minimum absolute atomic E-state index is 0.0999. The summed E-state index contributed by atoms with van der Waals surface area (Å²) in [6.07, 6.45) is 0. The predicted octanol–water partition coefficient (Wildman–Crippen LogP) is 1.34. The summed E-state index contributed by atoms with van der Waals surface area (Å²) in [5.74, 6) is 0.845. The van der Waals surface area contributed by atoms with Crippen molar-refractivity contribution in [3.63, 3.8) is 0 Å². The molecule has 0 aromatic heterocycles. The lowest BCUT2D eigenvalue weighted by Crippen LogP contribution is -2.40. The molecule has 2 aliphatic heterocycles. The third-order valence-corrected chi connectivity index (χ3v) is 5.68. The Labute approximate surface area is 167 Å². The molecule has 0 radical (unpaired) electrons. The molecule has 7 heteroatoms. The Morgan fingerprint density at radius 2 is 1.96 bits per heavy atom. The van der Waals surface area contributed by atoms with Crippen molar-refractivity contribution < 1.29 is 14.3 Å². The minimum Gasteiger partial charge on any atom is -0.469 e. The highest BCUT2D eigenvalue weighted by molar-refractivity contribution is 5.82. The number of nitrogens with one attached hydrogen (secondary N) is 1. The van der Waals surface area contributed by atoms with Crippen molar-refractivity contribution >= 4 is 11.9 Å². The van der Waals surface area contributed by atoms with Gasteiger partial charge in [-0.25, -0.2) is 0 Å². The number of esters is 1. The third kappa shape index (κ3) is 5.02. The minimum atomic E-state index is -0.138. The van der Waals surface area contributed by atoms with Crippen LogP contribution >= 0.6 is 0 Å². The Morgan fingerprint density at radius 1 is 1.25 bits per heavy atom. The molecule has 1 N–H and O–H groups in total. The molecule has 2 fully saturated rings. The van der Waals surface area contributed by atoms with Crippen LogP contribution in [0.3, 0.4) is 0 Å². The monoisotopic (exact) mass is 388 g/mol.